The molecule has 0 unspecified atom stereocenters. The molecule has 7 aromatic carbocycles. The Bertz CT molecular complexity index is 2530. The van der Waals surface area contributed by atoms with Crippen LogP contribution in [0.25, 0.3) is 87.0 Å². The van der Waals surface area contributed by atoms with Crippen molar-refractivity contribution in [1.29, 1.82) is 0 Å². The molecule has 0 N–H and O–H groups in total. The Labute approximate surface area is 264 Å². The van der Waals surface area contributed by atoms with Crippen LogP contribution in [0.15, 0.2) is 152 Å². The maximum absolute atomic E-state index is 5.23. The molecule has 0 spiro atoms. The quantitative estimate of drug-likeness (QED) is 0.191. The maximum Gasteiger partial charge on any atom is 0.165 e. The fourth-order valence-electron chi connectivity index (χ4n) is 6.36. The molecule has 0 saturated carbocycles. The Hall–Kier alpha value is -5.71. The van der Waals surface area contributed by atoms with Crippen molar-refractivity contribution in [3.8, 4) is 45.3 Å². The minimum atomic E-state index is 0.657. The number of hydrogen-bond acceptors (Lipinski definition) is 4. The van der Waals surface area contributed by atoms with Gasteiger partial charge in [-0.25, -0.2) is 15.0 Å². The molecule has 45 heavy (non-hydrogen) atoms. The van der Waals surface area contributed by atoms with Gasteiger partial charge in [0.1, 0.15) is 0 Å². The van der Waals surface area contributed by atoms with Crippen LogP contribution in [-0.4, -0.2) is 15.0 Å². The Balaban J connectivity index is 1.30. The van der Waals surface area contributed by atoms with Crippen molar-refractivity contribution in [2.45, 2.75) is 0 Å². The highest BCUT2D eigenvalue weighted by atomic mass is 32.1. The molecule has 0 bridgehead atoms. The van der Waals surface area contributed by atoms with Crippen molar-refractivity contribution < 1.29 is 0 Å². The third-order valence-corrected chi connectivity index (χ3v) is 9.76. The summed E-state index contributed by atoms with van der Waals surface area (Å²) >= 11 is 1.79. The second kappa shape index (κ2) is 10.5. The van der Waals surface area contributed by atoms with E-state index in [4.69, 9.17) is 15.0 Å². The SMILES string of the molecule is c1ccc(-c2ccc(-c3nc(-c4cccc5c4sc4ccccc45)nc(-c4cccc5ccc6ccccc6c45)n3)cc2)cc1. The predicted molar refractivity (Wildman–Crippen MR) is 189 cm³/mol. The van der Waals surface area contributed by atoms with Gasteiger partial charge in [-0.1, -0.05) is 140 Å². The van der Waals surface area contributed by atoms with E-state index in [1.54, 1.807) is 11.3 Å². The fourth-order valence-corrected chi connectivity index (χ4v) is 7.57. The molecule has 2 aromatic heterocycles. The molecule has 3 nitrogen and oxygen atoms in total. The lowest BCUT2D eigenvalue weighted by atomic mass is 9.97. The zero-order valence-electron chi connectivity index (χ0n) is 24.2. The second-order valence-corrected chi connectivity index (χ2v) is 12.3. The van der Waals surface area contributed by atoms with Crippen molar-refractivity contribution >= 4 is 53.1 Å². The van der Waals surface area contributed by atoms with Crippen LogP contribution in [0.1, 0.15) is 0 Å². The van der Waals surface area contributed by atoms with Crippen LogP contribution in [0.3, 0.4) is 0 Å². The summed E-state index contributed by atoms with van der Waals surface area (Å²) in [6.07, 6.45) is 0. The largest absolute Gasteiger partial charge is 0.208 e. The van der Waals surface area contributed by atoms with Gasteiger partial charge in [0, 0.05) is 42.2 Å². The van der Waals surface area contributed by atoms with Crippen LogP contribution in [0.4, 0.5) is 0 Å². The number of hydrogen-bond donors (Lipinski definition) is 0. The van der Waals surface area contributed by atoms with Crippen LogP contribution < -0.4 is 0 Å². The summed E-state index contributed by atoms with van der Waals surface area (Å²) < 4.78 is 2.44. The molecule has 0 radical (unpaired) electrons. The molecular formula is C41H25N3S. The van der Waals surface area contributed by atoms with E-state index in [2.05, 4.69) is 146 Å². The molecule has 210 valence electrons. The average molecular weight is 592 g/mol. The normalized spacial score (nSPS) is 11.6. The smallest absolute Gasteiger partial charge is 0.165 e. The number of nitrogens with zero attached hydrogens (tertiary/aromatic N) is 3. The fraction of sp³-hybridized carbons (Fsp3) is 0. The van der Waals surface area contributed by atoms with Gasteiger partial charge in [-0.2, -0.15) is 0 Å². The monoisotopic (exact) mass is 591 g/mol. The molecule has 0 atom stereocenters. The first-order valence-corrected chi connectivity index (χ1v) is 15.9. The first kappa shape index (κ1) is 25.8. The Morgan fingerprint density at radius 2 is 0.933 bits per heavy atom. The number of aromatic nitrogens is 3. The van der Waals surface area contributed by atoms with Gasteiger partial charge >= 0.3 is 0 Å². The standard InChI is InChI=1S/C41H25N3S/c1-2-10-26(11-3-1)27-20-24-30(25-21-27)39-42-40(34-17-8-13-29-23-22-28-12-4-5-14-31(28)37(29)34)44-41(43-39)35-18-9-16-33-32-15-6-7-19-36(32)45-38(33)35/h1-25H. The summed E-state index contributed by atoms with van der Waals surface area (Å²) in [7, 11) is 0. The lowest BCUT2D eigenvalue weighted by molar-refractivity contribution is 1.08. The molecule has 0 aliphatic heterocycles. The minimum absolute atomic E-state index is 0.657. The lowest BCUT2D eigenvalue weighted by Crippen LogP contribution is -2.01. The van der Waals surface area contributed by atoms with E-state index in [0.717, 1.165) is 33.0 Å². The third-order valence-electron chi connectivity index (χ3n) is 8.54. The van der Waals surface area contributed by atoms with Crippen molar-refractivity contribution in [2.75, 3.05) is 0 Å². The second-order valence-electron chi connectivity index (χ2n) is 11.2. The summed E-state index contributed by atoms with van der Waals surface area (Å²) in [5.74, 6) is 2.00. The van der Waals surface area contributed by atoms with Crippen molar-refractivity contribution in [2.24, 2.45) is 0 Å². The number of rotatable bonds is 4. The van der Waals surface area contributed by atoms with Crippen LogP contribution in [0.2, 0.25) is 0 Å². The van der Waals surface area contributed by atoms with Gasteiger partial charge < -0.3 is 0 Å². The maximum atomic E-state index is 5.23. The van der Waals surface area contributed by atoms with Gasteiger partial charge in [0.05, 0.1) is 0 Å². The van der Waals surface area contributed by atoms with Gasteiger partial charge in [-0.15, -0.1) is 11.3 Å². The topological polar surface area (TPSA) is 38.7 Å². The van der Waals surface area contributed by atoms with Gasteiger partial charge in [0.2, 0.25) is 0 Å². The van der Waals surface area contributed by atoms with Gasteiger partial charge in [0.15, 0.2) is 17.5 Å². The molecule has 0 fully saturated rings. The van der Waals surface area contributed by atoms with Crippen molar-refractivity contribution in [3.63, 3.8) is 0 Å². The Morgan fingerprint density at radius 3 is 1.80 bits per heavy atom. The van der Waals surface area contributed by atoms with Crippen LogP contribution >= 0.6 is 11.3 Å². The third kappa shape index (κ3) is 4.38. The van der Waals surface area contributed by atoms with Gasteiger partial charge in [0.25, 0.3) is 0 Å². The molecule has 4 heteroatoms. The van der Waals surface area contributed by atoms with Gasteiger partial charge in [-0.05, 0) is 39.4 Å². The zero-order chi connectivity index (χ0) is 29.7. The van der Waals surface area contributed by atoms with E-state index in [1.807, 2.05) is 6.07 Å². The number of thiophene rings is 1. The molecule has 9 rings (SSSR count). The summed E-state index contributed by atoms with van der Waals surface area (Å²) in [5.41, 5.74) is 5.31. The first-order chi connectivity index (χ1) is 22.3. The molecule has 0 aliphatic carbocycles. The van der Waals surface area contributed by atoms with E-state index in [1.165, 1.54) is 36.5 Å². The summed E-state index contributed by atoms with van der Waals surface area (Å²) in [5, 5.41) is 7.17. The van der Waals surface area contributed by atoms with E-state index in [9.17, 15) is 0 Å². The van der Waals surface area contributed by atoms with Crippen LogP contribution in [0, 0.1) is 0 Å². The van der Waals surface area contributed by atoms with Crippen molar-refractivity contribution in [1.82, 2.24) is 15.0 Å². The molecule has 0 saturated heterocycles. The summed E-state index contributed by atoms with van der Waals surface area (Å²) in [6, 6.07) is 53.3. The molecule has 9 aromatic rings. The summed E-state index contributed by atoms with van der Waals surface area (Å²) in [6.45, 7) is 0. The zero-order valence-corrected chi connectivity index (χ0v) is 25.0. The van der Waals surface area contributed by atoms with Crippen molar-refractivity contribution in [3.05, 3.63) is 152 Å². The highest BCUT2D eigenvalue weighted by Gasteiger charge is 2.18. The van der Waals surface area contributed by atoms with Crippen LogP contribution in [-0.2, 0) is 0 Å². The highest BCUT2D eigenvalue weighted by molar-refractivity contribution is 7.26. The molecule has 2 heterocycles. The highest BCUT2D eigenvalue weighted by Crippen LogP contribution is 2.40. The van der Waals surface area contributed by atoms with E-state index >= 15 is 0 Å². The van der Waals surface area contributed by atoms with E-state index in [0.29, 0.717) is 17.5 Å². The Morgan fingerprint density at radius 1 is 0.356 bits per heavy atom. The summed E-state index contributed by atoms with van der Waals surface area (Å²) in [4.78, 5) is 15.5. The number of fused-ring (bicyclic) bond motifs is 6. The predicted octanol–water partition coefficient (Wildman–Crippen LogP) is 11.2. The van der Waals surface area contributed by atoms with Crippen LogP contribution in [0.5, 0.6) is 0 Å². The average Bonchev–Trinajstić information content (AvgIpc) is 3.50. The first-order valence-electron chi connectivity index (χ1n) is 15.0. The molecular weight excluding hydrogens is 567 g/mol. The molecule has 0 aliphatic rings. The molecule has 0 amide bonds. The lowest BCUT2D eigenvalue weighted by Gasteiger charge is -2.12. The Kier molecular flexibility index (Phi) is 6.00. The van der Waals surface area contributed by atoms with E-state index in [-0.39, 0.29) is 0 Å². The minimum Gasteiger partial charge on any atom is -0.208 e. The van der Waals surface area contributed by atoms with Gasteiger partial charge in [-0.3, -0.25) is 0 Å². The van der Waals surface area contributed by atoms with E-state index < -0.39 is 0 Å². The number of benzene rings is 7.